The summed E-state index contributed by atoms with van der Waals surface area (Å²) < 4.78 is 5.41. The van der Waals surface area contributed by atoms with Crippen molar-refractivity contribution in [3.8, 4) is 0 Å². The SMILES string of the molecule is CC(C)(C)OC1CCC(=O)C1=O. The smallest absolute Gasteiger partial charge is 0.227 e. The molecule has 1 atom stereocenters. The molecule has 1 aliphatic rings. The zero-order valence-electron chi connectivity index (χ0n) is 7.72. The summed E-state index contributed by atoms with van der Waals surface area (Å²) in [5.41, 5.74) is -0.342. The molecule has 1 aliphatic carbocycles. The maximum absolute atomic E-state index is 11.1. The van der Waals surface area contributed by atoms with Crippen LogP contribution in [0, 0.1) is 0 Å². The van der Waals surface area contributed by atoms with Gasteiger partial charge in [-0.1, -0.05) is 0 Å². The Hall–Kier alpha value is -0.700. The van der Waals surface area contributed by atoms with Gasteiger partial charge in [0.05, 0.1) is 5.60 Å². The summed E-state index contributed by atoms with van der Waals surface area (Å²) in [6.07, 6.45) is 0.409. The van der Waals surface area contributed by atoms with E-state index in [4.69, 9.17) is 4.74 Å². The van der Waals surface area contributed by atoms with Gasteiger partial charge in [0.2, 0.25) is 11.6 Å². The number of hydrogen-bond donors (Lipinski definition) is 0. The average Bonchev–Trinajstić information content (AvgIpc) is 2.16. The highest BCUT2D eigenvalue weighted by Crippen LogP contribution is 2.20. The number of ether oxygens (including phenoxy) is 1. The van der Waals surface area contributed by atoms with Crippen molar-refractivity contribution in [1.29, 1.82) is 0 Å². The molecule has 1 saturated carbocycles. The zero-order valence-corrected chi connectivity index (χ0v) is 7.72. The van der Waals surface area contributed by atoms with E-state index in [-0.39, 0.29) is 17.2 Å². The molecule has 0 amide bonds. The Kier molecular flexibility index (Phi) is 2.33. The standard InChI is InChI=1S/C9H14O3/c1-9(2,3)12-7-5-4-6(10)8(7)11/h7H,4-5H2,1-3H3. The first-order valence-corrected chi connectivity index (χ1v) is 4.15. The second-order valence-electron chi connectivity index (χ2n) is 4.04. The highest BCUT2D eigenvalue weighted by Gasteiger charge is 2.35. The summed E-state index contributed by atoms with van der Waals surface area (Å²) in [5.74, 6) is -0.644. The van der Waals surface area contributed by atoms with Gasteiger partial charge in [-0.15, -0.1) is 0 Å². The molecule has 0 saturated heterocycles. The van der Waals surface area contributed by atoms with Crippen LogP contribution in [0.5, 0.6) is 0 Å². The molecule has 0 aromatic rings. The Morgan fingerprint density at radius 2 is 1.92 bits per heavy atom. The summed E-state index contributed by atoms with van der Waals surface area (Å²) in [5, 5.41) is 0. The van der Waals surface area contributed by atoms with Crippen molar-refractivity contribution in [2.24, 2.45) is 0 Å². The third-order valence-electron chi connectivity index (χ3n) is 1.70. The van der Waals surface area contributed by atoms with E-state index in [1.807, 2.05) is 20.8 Å². The van der Waals surface area contributed by atoms with E-state index < -0.39 is 6.10 Å². The fraction of sp³-hybridized carbons (Fsp3) is 0.778. The van der Waals surface area contributed by atoms with Crippen LogP contribution in [-0.4, -0.2) is 23.3 Å². The minimum Gasteiger partial charge on any atom is -0.364 e. The summed E-state index contributed by atoms with van der Waals surface area (Å²) in [7, 11) is 0. The molecule has 0 aromatic heterocycles. The predicted molar refractivity (Wildman–Crippen MR) is 43.9 cm³/mol. The first kappa shape index (κ1) is 9.39. The van der Waals surface area contributed by atoms with Gasteiger partial charge in [0.15, 0.2) is 0 Å². The Labute approximate surface area is 72.1 Å². The van der Waals surface area contributed by atoms with E-state index in [0.29, 0.717) is 12.8 Å². The van der Waals surface area contributed by atoms with E-state index >= 15 is 0 Å². The predicted octanol–water partition coefficient (Wildman–Crippen LogP) is 1.10. The molecule has 1 unspecified atom stereocenters. The number of rotatable bonds is 1. The lowest BCUT2D eigenvalue weighted by atomic mass is 10.1. The van der Waals surface area contributed by atoms with Gasteiger partial charge in [-0.25, -0.2) is 0 Å². The van der Waals surface area contributed by atoms with Crippen molar-refractivity contribution in [3.63, 3.8) is 0 Å². The van der Waals surface area contributed by atoms with Crippen molar-refractivity contribution in [2.75, 3.05) is 0 Å². The monoisotopic (exact) mass is 170 g/mol. The first-order chi connectivity index (χ1) is 5.40. The van der Waals surface area contributed by atoms with Crippen LogP contribution in [0.1, 0.15) is 33.6 Å². The van der Waals surface area contributed by atoms with Crippen LogP contribution >= 0.6 is 0 Å². The van der Waals surface area contributed by atoms with Gasteiger partial charge >= 0.3 is 0 Å². The van der Waals surface area contributed by atoms with Crippen LogP contribution in [-0.2, 0) is 14.3 Å². The molecule has 3 nitrogen and oxygen atoms in total. The lowest BCUT2D eigenvalue weighted by Gasteiger charge is -2.23. The van der Waals surface area contributed by atoms with Gasteiger partial charge in [0, 0.05) is 6.42 Å². The van der Waals surface area contributed by atoms with Crippen LogP contribution in [0.4, 0.5) is 0 Å². The molecule has 0 aliphatic heterocycles. The topological polar surface area (TPSA) is 43.4 Å². The fourth-order valence-electron chi connectivity index (χ4n) is 1.24. The third kappa shape index (κ3) is 2.14. The molecule has 12 heavy (non-hydrogen) atoms. The fourth-order valence-corrected chi connectivity index (χ4v) is 1.24. The van der Waals surface area contributed by atoms with E-state index in [1.54, 1.807) is 0 Å². The largest absolute Gasteiger partial charge is 0.364 e. The van der Waals surface area contributed by atoms with E-state index in [0.717, 1.165) is 0 Å². The van der Waals surface area contributed by atoms with Crippen LogP contribution in [0.25, 0.3) is 0 Å². The molecule has 3 heteroatoms. The summed E-state index contributed by atoms with van der Waals surface area (Å²) in [4.78, 5) is 21.9. The lowest BCUT2D eigenvalue weighted by Crippen LogP contribution is -2.31. The number of carbonyl (C=O) groups is 2. The number of hydrogen-bond acceptors (Lipinski definition) is 3. The third-order valence-corrected chi connectivity index (χ3v) is 1.70. The second kappa shape index (κ2) is 2.98. The maximum atomic E-state index is 11.1. The minimum absolute atomic E-state index is 0.288. The average molecular weight is 170 g/mol. The number of Topliss-reactive ketones (excluding diaryl/α,β-unsaturated/α-hetero) is 2. The van der Waals surface area contributed by atoms with Crippen molar-refractivity contribution >= 4 is 11.6 Å². The normalized spacial score (nSPS) is 25.1. The summed E-state index contributed by atoms with van der Waals surface area (Å²) >= 11 is 0. The highest BCUT2D eigenvalue weighted by atomic mass is 16.5. The molecule has 0 radical (unpaired) electrons. The van der Waals surface area contributed by atoms with Crippen molar-refractivity contribution in [1.82, 2.24) is 0 Å². The molecule has 0 spiro atoms. The molecule has 68 valence electrons. The minimum atomic E-state index is -0.488. The van der Waals surface area contributed by atoms with Crippen LogP contribution in [0.2, 0.25) is 0 Å². The Bertz CT molecular complexity index is 212. The molecule has 0 N–H and O–H groups in total. The Balaban J connectivity index is 2.56. The van der Waals surface area contributed by atoms with Gasteiger partial charge in [0.1, 0.15) is 6.10 Å². The van der Waals surface area contributed by atoms with Gasteiger partial charge in [0.25, 0.3) is 0 Å². The lowest BCUT2D eigenvalue weighted by molar-refractivity contribution is -0.144. The summed E-state index contributed by atoms with van der Waals surface area (Å²) in [6, 6.07) is 0. The first-order valence-electron chi connectivity index (χ1n) is 4.15. The number of carbonyl (C=O) groups excluding carboxylic acids is 2. The quantitative estimate of drug-likeness (QED) is 0.553. The van der Waals surface area contributed by atoms with Gasteiger partial charge < -0.3 is 4.74 Å². The van der Waals surface area contributed by atoms with E-state index in [9.17, 15) is 9.59 Å². The van der Waals surface area contributed by atoms with Crippen LogP contribution in [0.15, 0.2) is 0 Å². The zero-order chi connectivity index (χ0) is 9.35. The van der Waals surface area contributed by atoms with E-state index in [2.05, 4.69) is 0 Å². The van der Waals surface area contributed by atoms with Crippen molar-refractivity contribution < 1.29 is 14.3 Å². The molecule has 0 aromatic carbocycles. The van der Waals surface area contributed by atoms with Crippen molar-refractivity contribution in [2.45, 2.75) is 45.3 Å². The van der Waals surface area contributed by atoms with E-state index in [1.165, 1.54) is 0 Å². The number of ketones is 2. The molecular weight excluding hydrogens is 156 g/mol. The molecule has 0 heterocycles. The maximum Gasteiger partial charge on any atom is 0.227 e. The van der Waals surface area contributed by atoms with Crippen molar-refractivity contribution in [3.05, 3.63) is 0 Å². The molecule has 1 rings (SSSR count). The van der Waals surface area contributed by atoms with Crippen LogP contribution < -0.4 is 0 Å². The van der Waals surface area contributed by atoms with Crippen LogP contribution in [0.3, 0.4) is 0 Å². The van der Waals surface area contributed by atoms with Gasteiger partial charge in [-0.05, 0) is 27.2 Å². The molecular formula is C9H14O3. The van der Waals surface area contributed by atoms with Gasteiger partial charge in [-0.2, -0.15) is 0 Å². The molecule has 1 fully saturated rings. The Morgan fingerprint density at radius 3 is 2.25 bits per heavy atom. The Morgan fingerprint density at radius 1 is 1.33 bits per heavy atom. The summed E-state index contributed by atoms with van der Waals surface area (Å²) in [6.45, 7) is 5.63. The second-order valence-corrected chi connectivity index (χ2v) is 4.04. The molecule has 0 bridgehead atoms. The highest BCUT2D eigenvalue weighted by molar-refractivity contribution is 6.40. The van der Waals surface area contributed by atoms with Gasteiger partial charge in [-0.3, -0.25) is 9.59 Å².